The van der Waals surface area contributed by atoms with E-state index in [0.29, 0.717) is 13.1 Å². The van der Waals surface area contributed by atoms with Gasteiger partial charge in [-0.1, -0.05) is 42.5 Å². The molecule has 0 fully saturated rings. The maximum atomic E-state index is 11.8. The zero-order valence-corrected chi connectivity index (χ0v) is 13.1. The van der Waals surface area contributed by atoms with Crippen molar-refractivity contribution < 1.29 is 9.53 Å². The molecule has 4 nitrogen and oxygen atoms in total. The minimum absolute atomic E-state index is 0.167. The van der Waals surface area contributed by atoms with Gasteiger partial charge in [-0.2, -0.15) is 0 Å². The Morgan fingerprint density at radius 1 is 1.00 bits per heavy atom. The number of carbonyl (C=O) groups is 1. The van der Waals surface area contributed by atoms with Crippen LogP contribution in [0.2, 0.25) is 0 Å². The van der Waals surface area contributed by atoms with Gasteiger partial charge < -0.3 is 15.4 Å². The lowest BCUT2D eigenvalue weighted by Gasteiger charge is -2.11. The quantitative estimate of drug-likeness (QED) is 0.861. The first-order chi connectivity index (χ1) is 10.7. The number of carbonyl (C=O) groups excluding carboxylic acids is 1. The maximum Gasteiger partial charge on any atom is 0.315 e. The molecule has 0 radical (unpaired) electrons. The fourth-order valence-corrected chi connectivity index (χ4v) is 2.29. The fourth-order valence-electron chi connectivity index (χ4n) is 2.29. The molecule has 0 aliphatic heterocycles. The van der Waals surface area contributed by atoms with Crippen LogP contribution in [0.4, 0.5) is 4.79 Å². The highest BCUT2D eigenvalue weighted by Crippen LogP contribution is 2.16. The van der Waals surface area contributed by atoms with E-state index in [-0.39, 0.29) is 6.03 Å². The second kappa shape index (κ2) is 8.08. The molecular formula is C18H22N2O2. The standard InChI is InChI=1S/C18H22N2O2/c1-14-7-3-4-8-15(14)11-12-19-18(21)20-13-16-9-5-6-10-17(16)22-2/h3-10H,11-13H2,1-2H3,(H2,19,20,21). The summed E-state index contributed by atoms with van der Waals surface area (Å²) in [6, 6.07) is 15.7. The summed E-state index contributed by atoms with van der Waals surface area (Å²) in [5, 5.41) is 5.72. The molecule has 2 amide bonds. The van der Waals surface area contributed by atoms with Crippen molar-refractivity contribution in [2.45, 2.75) is 19.9 Å². The van der Waals surface area contributed by atoms with Crippen LogP contribution >= 0.6 is 0 Å². The number of rotatable bonds is 6. The Morgan fingerprint density at radius 3 is 2.41 bits per heavy atom. The summed E-state index contributed by atoms with van der Waals surface area (Å²) in [6.45, 7) is 3.14. The van der Waals surface area contributed by atoms with Crippen molar-refractivity contribution in [1.82, 2.24) is 10.6 Å². The first-order valence-electron chi connectivity index (χ1n) is 7.39. The van der Waals surface area contributed by atoms with Gasteiger partial charge in [0.05, 0.1) is 7.11 Å². The molecule has 0 aliphatic carbocycles. The van der Waals surface area contributed by atoms with Gasteiger partial charge >= 0.3 is 6.03 Å². The van der Waals surface area contributed by atoms with Gasteiger partial charge in [0, 0.05) is 18.7 Å². The van der Waals surface area contributed by atoms with Gasteiger partial charge in [0.15, 0.2) is 0 Å². The van der Waals surface area contributed by atoms with E-state index in [4.69, 9.17) is 4.74 Å². The largest absolute Gasteiger partial charge is 0.496 e. The monoisotopic (exact) mass is 298 g/mol. The first-order valence-corrected chi connectivity index (χ1v) is 7.39. The van der Waals surface area contributed by atoms with Crippen LogP contribution in [-0.4, -0.2) is 19.7 Å². The Kier molecular flexibility index (Phi) is 5.83. The van der Waals surface area contributed by atoms with Crippen LogP contribution in [0.1, 0.15) is 16.7 Å². The predicted octanol–water partition coefficient (Wildman–Crippen LogP) is 3.05. The molecule has 4 heteroatoms. The lowest BCUT2D eigenvalue weighted by atomic mass is 10.1. The van der Waals surface area contributed by atoms with Gasteiger partial charge in [0.1, 0.15) is 5.75 Å². The second-order valence-electron chi connectivity index (χ2n) is 5.10. The average Bonchev–Trinajstić information content (AvgIpc) is 2.55. The number of benzene rings is 2. The highest BCUT2D eigenvalue weighted by atomic mass is 16.5. The Bertz CT molecular complexity index is 626. The lowest BCUT2D eigenvalue weighted by molar-refractivity contribution is 0.240. The van der Waals surface area contributed by atoms with Crippen molar-refractivity contribution in [1.29, 1.82) is 0 Å². The van der Waals surface area contributed by atoms with Crippen molar-refractivity contribution in [2.24, 2.45) is 0 Å². The van der Waals surface area contributed by atoms with Crippen molar-refractivity contribution >= 4 is 6.03 Å². The van der Waals surface area contributed by atoms with E-state index < -0.39 is 0 Å². The number of aryl methyl sites for hydroxylation is 1. The molecule has 2 rings (SSSR count). The number of urea groups is 1. The number of para-hydroxylation sites is 1. The summed E-state index contributed by atoms with van der Waals surface area (Å²) in [7, 11) is 1.63. The Balaban J connectivity index is 1.75. The smallest absolute Gasteiger partial charge is 0.315 e. The highest BCUT2D eigenvalue weighted by Gasteiger charge is 2.04. The zero-order chi connectivity index (χ0) is 15.8. The lowest BCUT2D eigenvalue weighted by Crippen LogP contribution is -2.36. The molecule has 0 bridgehead atoms. The van der Waals surface area contributed by atoms with E-state index in [0.717, 1.165) is 17.7 Å². The van der Waals surface area contributed by atoms with Crippen molar-refractivity contribution in [3.8, 4) is 5.75 Å². The number of amides is 2. The van der Waals surface area contributed by atoms with E-state index in [9.17, 15) is 4.79 Å². The van der Waals surface area contributed by atoms with Gasteiger partial charge in [-0.05, 0) is 30.5 Å². The Labute approximate surface area is 131 Å². The van der Waals surface area contributed by atoms with E-state index in [1.165, 1.54) is 11.1 Å². The van der Waals surface area contributed by atoms with Gasteiger partial charge in [-0.3, -0.25) is 0 Å². The van der Waals surface area contributed by atoms with Crippen molar-refractivity contribution in [3.63, 3.8) is 0 Å². The van der Waals surface area contributed by atoms with Crippen LogP contribution in [0.5, 0.6) is 5.75 Å². The number of hydrogen-bond donors (Lipinski definition) is 2. The second-order valence-corrected chi connectivity index (χ2v) is 5.10. The van der Waals surface area contributed by atoms with Crippen LogP contribution in [-0.2, 0) is 13.0 Å². The molecule has 0 aliphatic rings. The summed E-state index contributed by atoms with van der Waals surface area (Å²) in [5.41, 5.74) is 3.46. The SMILES string of the molecule is COc1ccccc1CNC(=O)NCCc1ccccc1C. The number of ether oxygens (including phenoxy) is 1. The molecule has 0 unspecified atom stereocenters. The summed E-state index contributed by atoms with van der Waals surface area (Å²) in [4.78, 5) is 11.8. The predicted molar refractivity (Wildman–Crippen MR) is 88.1 cm³/mol. The Morgan fingerprint density at radius 2 is 1.68 bits per heavy atom. The van der Waals surface area contributed by atoms with Crippen LogP contribution in [0.25, 0.3) is 0 Å². The molecule has 2 aromatic rings. The van der Waals surface area contributed by atoms with E-state index in [1.807, 2.05) is 36.4 Å². The van der Waals surface area contributed by atoms with Gasteiger partial charge in [0.2, 0.25) is 0 Å². The third-order valence-corrected chi connectivity index (χ3v) is 3.57. The first kappa shape index (κ1) is 15.9. The molecule has 0 saturated carbocycles. The molecule has 22 heavy (non-hydrogen) atoms. The summed E-state index contributed by atoms with van der Waals surface area (Å²) in [5.74, 6) is 0.780. The zero-order valence-electron chi connectivity index (χ0n) is 13.1. The molecule has 116 valence electrons. The molecule has 0 atom stereocenters. The summed E-state index contributed by atoms with van der Waals surface area (Å²) >= 11 is 0. The molecule has 0 heterocycles. The maximum absolute atomic E-state index is 11.8. The van der Waals surface area contributed by atoms with E-state index in [1.54, 1.807) is 7.11 Å². The van der Waals surface area contributed by atoms with E-state index in [2.05, 4.69) is 29.7 Å². The Hall–Kier alpha value is -2.49. The minimum atomic E-state index is -0.167. The topological polar surface area (TPSA) is 50.4 Å². The van der Waals surface area contributed by atoms with Crippen LogP contribution in [0, 0.1) is 6.92 Å². The molecular weight excluding hydrogens is 276 g/mol. The van der Waals surface area contributed by atoms with Gasteiger partial charge in [0.25, 0.3) is 0 Å². The number of methoxy groups -OCH3 is 1. The van der Waals surface area contributed by atoms with Crippen LogP contribution in [0.3, 0.4) is 0 Å². The van der Waals surface area contributed by atoms with Crippen LogP contribution in [0.15, 0.2) is 48.5 Å². The number of nitrogens with one attached hydrogen (secondary N) is 2. The number of hydrogen-bond acceptors (Lipinski definition) is 2. The molecule has 2 aromatic carbocycles. The summed E-state index contributed by atoms with van der Waals surface area (Å²) in [6.07, 6.45) is 0.828. The highest BCUT2D eigenvalue weighted by molar-refractivity contribution is 5.73. The minimum Gasteiger partial charge on any atom is -0.496 e. The van der Waals surface area contributed by atoms with Crippen molar-refractivity contribution in [3.05, 3.63) is 65.2 Å². The van der Waals surface area contributed by atoms with Crippen LogP contribution < -0.4 is 15.4 Å². The molecule has 0 saturated heterocycles. The third-order valence-electron chi connectivity index (χ3n) is 3.57. The molecule has 0 spiro atoms. The average molecular weight is 298 g/mol. The van der Waals surface area contributed by atoms with Crippen molar-refractivity contribution in [2.75, 3.05) is 13.7 Å². The molecule has 2 N–H and O–H groups in total. The fraction of sp³-hybridized carbons (Fsp3) is 0.278. The van der Waals surface area contributed by atoms with Gasteiger partial charge in [-0.25, -0.2) is 4.79 Å². The summed E-state index contributed by atoms with van der Waals surface area (Å²) < 4.78 is 5.26. The normalized spacial score (nSPS) is 10.1. The third kappa shape index (κ3) is 4.52. The molecule has 0 aromatic heterocycles. The van der Waals surface area contributed by atoms with Gasteiger partial charge in [-0.15, -0.1) is 0 Å². The van der Waals surface area contributed by atoms with E-state index >= 15 is 0 Å².